The van der Waals surface area contributed by atoms with Gasteiger partial charge >= 0.3 is 5.97 Å². The number of rotatable bonds is 14. The number of hydrogen-bond donors (Lipinski definition) is 0. The summed E-state index contributed by atoms with van der Waals surface area (Å²) in [4.78, 5) is 11.0. The number of methoxy groups -OCH3 is 1. The van der Waals surface area contributed by atoms with E-state index < -0.39 is 0 Å². The number of unbranched alkanes of at least 4 members (excludes halogenated alkanes) is 8. The van der Waals surface area contributed by atoms with Gasteiger partial charge in [0.15, 0.2) is 0 Å². The molecule has 122 valence electrons. The Morgan fingerprint density at radius 3 is 1.95 bits per heavy atom. The van der Waals surface area contributed by atoms with Crippen LogP contribution in [0.2, 0.25) is 0 Å². The lowest BCUT2D eigenvalue weighted by atomic mass is 10.1. The van der Waals surface area contributed by atoms with Gasteiger partial charge in [-0.1, -0.05) is 63.0 Å². The molecule has 0 radical (unpaired) electrons. The lowest BCUT2D eigenvalue weighted by Crippen LogP contribution is -1.98. The molecular formula is C19H34O2. The maximum Gasteiger partial charge on any atom is 0.305 e. The van der Waals surface area contributed by atoms with Crippen molar-refractivity contribution in [1.29, 1.82) is 0 Å². The first-order valence-corrected chi connectivity index (χ1v) is 9.04. The topological polar surface area (TPSA) is 26.3 Å². The van der Waals surface area contributed by atoms with Crippen molar-refractivity contribution in [2.75, 3.05) is 7.11 Å². The van der Waals surface area contributed by atoms with Crippen LogP contribution in [0.25, 0.3) is 0 Å². The second-order valence-electron chi connectivity index (χ2n) is 6.39. The van der Waals surface area contributed by atoms with Gasteiger partial charge in [0.05, 0.1) is 7.11 Å². The molecule has 0 aromatic rings. The first-order valence-electron chi connectivity index (χ1n) is 9.04. The van der Waals surface area contributed by atoms with Crippen molar-refractivity contribution in [2.24, 2.45) is 0 Å². The summed E-state index contributed by atoms with van der Waals surface area (Å²) in [6.07, 6.45) is 17.7. The Kier molecular flexibility index (Phi) is 10.3. The van der Waals surface area contributed by atoms with E-state index in [1.54, 1.807) is 11.1 Å². The summed E-state index contributed by atoms with van der Waals surface area (Å²) in [6.45, 7) is 2.27. The highest BCUT2D eigenvalue weighted by Gasteiger charge is 2.19. The van der Waals surface area contributed by atoms with Gasteiger partial charge in [-0.15, -0.1) is 0 Å². The molecule has 0 saturated carbocycles. The maximum absolute atomic E-state index is 11.0. The molecule has 0 bridgehead atoms. The number of hydrogen-bond acceptors (Lipinski definition) is 2. The molecule has 0 spiro atoms. The monoisotopic (exact) mass is 296 g/mol. The minimum Gasteiger partial charge on any atom is -0.469 e. The van der Waals surface area contributed by atoms with Gasteiger partial charge in [-0.3, -0.25) is 4.79 Å². The molecule has 1 rings (SSSR count). The zero-order chi connectivity index (χ0) is 15.3. The van der Waals surface area contributed by atoms with Gasteiger partial charge in [-0.05, 0) is 38.5 Å². The van der Waals surface area contributed by atoms with E-state index in [9.17, 15) is 4.79 Å². The zero-order valence-corrected chi connectivity index (χ0v) is 14.2. The first kappa shape index (κ1) is 18.3. The SMILES string of the molecule is CCCCCCCCC1=C(CCCCCCC(=O)OC)[14CH2]1. The van der Waals surface area contributed by atoms with Gasteiger partial charge in [0.25, 0.3) is 0 Å². The van der Waals surface area contributed by atoms with Gasteiger partial charge in [-0.25, -0.2) is 0 Å². The van der Waals surface area contributed by atoms with Crippen molar-refractivity contribution >= 4 is 5.97 Å². The summed E-state index contributed by atoms with van der Waals surface area (Å²) < 4.78 is 4.64. The number of ether oxygens (including phenoxy) is 1. The van der Waals surface area contributed by atoms with Crippen LogP contribution >= 0.6 is 0 Å². The van der Waals surface area contributed by atoms with E-state index in [2.05, 4.69) is 11.7 Å². The Morgan fingerprint density at radius 2 is 1.38 bits per heavy atom. The third kappa shape index (κ3) is 9.71. The summed E-state index contributed by atoms with van der Waals surface area (Å²) in [6, 6.07) is 0. The fraction of sp³-hybridized carbons (Fsp3) is 0.842. The maximum atomic E-state index is 11.0. The van der Waals surface area contributed by atoms with Crippen LogP contribution in [0.5, 0.6) is 0 Å². The van der Waals surface area contributed by atoms with Crippen LogP contribution in [0.1, 0.15) is 96.8 Å². The Bertz CT molecular complexity index is 318. The molecule has 0 heterocycles. The molecule has 2 nitrogen and oxygen atoms in total. The summed E-state index contributed by atoms with van der Waals surface area (Å²) in [5.41, 5.74) is 3.51. The van der Waals surface area contributed by atoms with Gasteiger partial charge < -0.3 is 4.74 Å². The summed E-state index contributed by atoms with van der Waals surface area (Å²) in [5, 5.41) is 0. The Morgan fingerprint density at radius 1 is 0.857 bits per heavy atom. The number of carbonyl (C=O) groups is 1. The van der Waals surface area contributed by atoms with Crippen LogP contribution in [-0.4, -0.2) is 13.1 Å². The highest BCUT2D eigenvalue weighted by atomic mass is 16.5. The van der Waals surface area contributed by atoms with Crippen molar-refractivity contribution in [2.45, 2.75) is 96.8 Å². The van der Waals surface area contributed by atoms with Gasteiger partial charge in [0.1, 0.15) is 0 Å². The fourth-order valence-corrected chi connectivity index (χ4v) is 2.93. The predicted molar refractivity (Wildman–Crippen MR) is 89.4 cm³/mol. The molecule has 0 saturated heterocycles. The fourth-order valence-electron chi connectivity index (χ4n) is 2.93. The van der Waals surface area contributed by atoms with Crippen molar-refractivity contribution in [3.8, 4) is 0 Å². The van der Waals surface area contributed by atoms with E-state index in [0.717, 1.165) is 12.8 Å². The normalized spacial score (nSPS) is 13.6. The van der Waals surface area contributed by atoms with E-state index in [-0.39, 0.29) is 5.97 Å². The number of carbonyl (C=O) groups excluding carboxylic acids is 1. The number of allylic oxidation sites excluding steroid dienone is 2. The second-order valence-corrected chi connectivity index (χ2v) is 6.39. The first-order chi connectivity index (χ1) is 10.3. The van der Waals surface area contributed by atoms with E-state index in [1.807, 2.05) is 0 Å². The van der Waals surface area contributed by atoms with E-state index in [4.69, 9.17) is 0 Å². The van der Waals surface area contributed by atoms with Crippen molar-refractivity contribution in [3.63, 3.8) is 0 Å². The molecule has 0 amide bonds. The zero-order valence-electron chi connectivity index (χ0n) is 14.2. The van der Waals surface area contributed by atoms with Crippen LogP contribution in [0, 0.1) is 0 Å². The summed E-state index contributed by atoms with van der Waals surface area (Å²) in [7, 11) is 1.47. The van der Waals surface area contributed by atoms with Crippen LogP contribution in [-0.2, 0) is 9.53 Å². The van der Waals surface area contributed by atoms with Crippen molar-refractivity contribution in [1.82, 2.24) is 0 Å². The third-order valence-corrected chi connectivity index (χ3v) is 4.47. The van der Waals surface area contributed by atoms with E-state index in [1.165, 1.54) is 77.7 Å². The molecule has 0 aromatic carbocycles. The molecular weight excluding hydrogens is 262 g/mol. The van der Waals surface area contributed by atoms with E-state index >= 15 is 0 Å². The predicted octanol–water partition coefficient (Wildman–Crippen LogP) is 5.95. The quantitative estimate of drug-likeness (QED) is 0.225. The average molecular weight is 296 g/mol. The smallest absolute Gasteiger partial charge is 0.305 e. The summed E-state index contributed by atoms with van der Waals surface area (Å²) in [5.74, 6) is -0.0684. The van der Waals surface area contributed by atoms with E-state index in [0.29, 0.717) is 6.42 Å². The second kappa shape index (κ2) is 11.8. The molecule has 0 N–H and O–H groups in total. The Labute approximate surface area is 131 Å². The highest BCUT2D eigenvalue weighted by molar-refractivity contribution is 5.68. The molecule has 0 aliphatic heterocycles. The molecule has 1 aliphatic carbocycles. The van der Waals surface area contributed by atoms with Gasteiger partial charge in [-0.2, -0.15) is 0 Å². The largest absolute Gasteiger partial charge is 0.469 e. The standard InChI is InChI=1S/C19H34O2/c1-3-4-5-6-7-10-13-17-16-18(17)14-11-8-9-12-15-19(20)21-2/h3-16H2,1-2H3/i16+2. The Hall–Kier alpha value is -0.790. The minimum absolute atomic E-state index is 0.0684. The van der Waals surface area contributed by atoms with Crippen LogP contribution in [0.4, 0.5) is 0 Å². The average Bonchev–Trinajstić information content (AvgIpc) is 3.24. The van der Waals surface area contributed by atoms with Crippen molar-refractivity contribution < 1.29 is 9.53 Å². The van der Waals surface area contributed by atoms with Crippen LogP contribution in [0.3, 0.4) is 0 Å². The summed E-state index contributed by atoms with van der Waals surface area (Å²) >= 11 is 0. The van der Waals surface area contributed by atoms with Crippen LogP contribution in [0.15, 0.2) is 11.1 Å². The molecule has 0 fully saturated rings. The van der Waals surface area contributed by atoms with Gasteiger partial charge in [0.2, 0.25) is 0 Å². The minimum atomic E-state index is -0.0684. The molecule has 0 unspecified atom stereocenters. The lowest BCUT2D eigenvalue weighted by Gasteiger charge is -1.99. The molecule has 1 aliphatic rings. The van der Waals surface area contributed by atoms with Gasteiger partial charge in [0, 0.05) is 6.42 Å². The molecule has 0 atom stereocenters. The number of esters is 1. The van der Waals surface area contributed by atoms with Crippen LogP contribution < -0.4 is 0 Å². The lowest BCUT2D eigenvalue weighted by molar-refractivity contribution is -0.140. The van der Waals surface area contributed by atoms with Crippen molar-refractivity contribution in [3.05, 3.63) is 11.1 Å². The molecule has 21 heavy (non-hydrogen) atoms. The molecule has 2 heteroatoms. The third-order valence-electron chi connectivity index (χ3n) is 4.47. The Balaban J connectivity index is 1.86. The highest BCUT2D eigenvalue weighted by Crippen LogP contribution is 2.38. The molecule has 0 aromatic heterocycles.